The van der Waals surface area contributed by atoms with E-state index in [9.17, 15) is 0 Å². The molecular weight excluding hydrogens is 214 g/mol. The number of methoxy groups -OCH3 is 1. The van der Waals surface area contributed by atoms with Gasteiger partial charge in [0.05, 0.1) is 13.4 Å². The molecule has 88 valence electrons. The molecule has 0 spiro atoms. The summed E-state index contributed by atoms with van der Waals surface area (Å²) in [6.45, 7) is 2.03. The molecule has 0 fully saturated rings. The standard InChI is InChI=1S/C14H15NO2/c1-11-5-6-14(16-2)13(10-11)15-8-7-12-4-3-9-17-12/h3-6,8-10H,7H2,1-2H3. The third-order valence-corrected chi connectivity index (χ3v) is 2.44. The number of hydrogen-bond donors (Lipinski definition) is 0. The fourth-order valence-corrected chi connectivity index (χ4v) is 1.56. The van der Waals surface area contributed by atoms with E-state index in [2.05, 4.69) is 4.99 Å². The Kier molecular flexibility index (Phi) is 3.60. The Morgan fingerprint density at radius 3 is 2.94 bits per heavy atom. The van der Waals surface area contributed by atoms with Crippen LogP contribution in [0.15, 0.2) is 46.0 Å². The highest BCUT2D eigenvalue weighted by Gasteiger charge is 2.00. The molecule has 1 aromatic heterocycles. The van der Waals surface area contributed by atoms with Crippen LogP contribution in [0.25, 0.3) is 0 Å². The van der Waals surface area contributed by atoms with Gasteiger partial charge in [0.25, 0.3) is 0 Å². The summed E-state index contributed by atoms with van der Waals surface area (Å²) in [5, 5.41) is 0. The summed E-state index contributed by atoms with van der Waals surface area (Å²) in [6, 6.07) is 9.73. The van der Waals surface area contributed by atoms with E-state index in [1.807, 2.05) is 43.5 Å². The lowest BCUT2D eigenvalue weighted by atomic mass is 10.2. The maximum absolute atomic E-state index is 5.25. The molecule has 0 aliphatic heterocycles. The van der Waals surface area contributed by atoms with Crippen LogP contribution in [-0.2, 0) is 6.42 Å². The van der Waals surface area contributed by atoms with Gasteiger partial charge in [0.15, 0.2) is 0 Å². The molecule has 1 heterocycles. The van der Waals surface area contributed by atoms with E-state index in [-0.39, 0.29) is 0 Å². The molecule has 3 heteroatoms. The Balaban J connectivity index is 2.12. The van der Waals surface area contributed by atoms with Gasteiger partial charge in [-0.25, -0.2) is 0 Å². The van der Waals surface area contributed by atoms with Crippen LogP contribution < -0.4 is 4.74 Å². The second-order valence-electron chi connectivity index (χ2n) is 3.77. The molecule has 0 unspecified atom stereocenters. The summed E-state index contributed by atoms with van der Waals surface area (Å²) in [7, 11) is 1.65. The van der Waals surface area contributed by atoms with E-state index in [0.29, 0.717) is 6.42 Å². The summed E-state index contributed by atoms with van der Waals surface area (Å²) in [6.07, 6.45) is 4.18. The van der Waals surface area contributed by atoms with Gasteiger partial charge in [-0.05, 0) is 36.8 Å². The molecule has 0 atom stereocenters. The summed E-state index contributed by atoms with van der Waals surface area (Å²) in [5.74, 6) is 1.69. The van der Waals surface area contributed by atoms with Crippen molar-refractivity contribution in [2.24, 2.45) is 4.99 Å². The van der Waals surface area contributed by atoms with Crippen molar-refractivity contribution in [1.82, 2.24) is 0 Å². The number of furan rings is 1. The van der Waals surface area contributed by atoms with Gasteiger partial charge in [-0.3, -0.25) is 4.99 Å². The van der Waals surface area contributed by atoms with E-state index in [0.717, 1.165) is 22.8 Å². The van der Waals surface area contributed by atoms with Gasteiger partial charge in [0, 0.05) is 12.6 Å². The molecule has 17 heavy (non-hydrogen) atoms. The molecule has 3 nitrogen and oxygen atoms in total. The summed E-state index contributed by atoms with van der Waals surface area (Å²) in [4.78, 5) is 4.40. The van der Waals surface area contributed by atoms with Crippen LogP contribution in [-0.4, -0.2) is 13.3 Å². The normalized spacial score (nSPS) is 10.9. The second-order valence-corrected chi connectivity index (χ2v) is 3.77. The first-order chi connectivity index (χ1) is 8.29. The summed E-state index contributed by atoms with van der Waals surface area (Å²) < 4.78 is 10.5. The minimum Gasteiger partial charge on any atom is -0.494 e. The first kappa shape index (κ1) is 11.5. The Hall–Kier alpha value is -2.03. The second kappa shape index (κ2) is 5.34. The zero-order valence-corrected chi connectivity index (χ0v) is 10.0. The van der Waals surface area contributed by atoms with Crippen molar-refractivity contribution < 1.29 is 9.15 Å². The van der Waals surface area contributed by atoms with Gasteiger partial charge in [-0.15, -0.1) is 0 Å². The summed E-state index contributed by atoms with van der Waals surface area (Å²) in [5.41, 5.74) is 2.01. The van der Waals surface area contributed by atoms with Gasteiger partial charge < -0.3 is 9.15 Å². The molecule has 1 aromatic carbocycles. The van der Waals surface area contributed by atoms with Gasteiger partial charge in [0.1, 0.15) is 17.2 Å². The Morgan fingerprint density at radius 1 is 1.35 bits per heavy atom. The number of ether oxygens (including phenoxy) is 1. The van der Waals surface area contributed by atoms with Crippen LogP contribution in [0.3, 0.4) is 0 Å². The van der Waals surface area contributed by atoms with Crippen molar-refractivity contribution in [3.63, 3.8) is 0 Å². The first-order valence-electron chi connectivity index (χ1n) is 5.49. The largest absolute Gasteiger partial charge is 0.494 e. The quantitative estimate of drug-likeness (QED) is 0.751. The third kappa shape index (κ3) is 2.97. The highest BCUT2D eigenvalue weighted by atomic mass is 16.5. The van der Waals surface area contributed by atoms with Gasteiger partial charge >= 0.3 is 0 Å². The van der Waals surface area contributed by atoms with E-state index in [1.54, 1.807) is 13.4 Å². The van der Waals surface area contributed by atoms with E-state index in [4.69, 9.17) is 9.15 Å². The van der Waals surface area contributed by atoms with Gasteiger partial charge in [-0.2, -0.15) is 0 Å². The molecule has 0 saturated carbocycles. The zero-order chi connectivity index (χ0) is 12.1. The van der Waals surface area contributed by atoms with Crippen LogP contribution in [0, 0.1) is 6.92 Å². The van der Waals surface area contributed by atoms with Crippen molar-refractivity contribution in [3.05, 3.63) is 47.9 Å². The molecule has 0 radical (unpaired) electrons. The van der Waals surface area contributed by atoms with Crippen molar-refractivity contribution in [3.8, 4) is 5.75 Å². The fourth-order valence-electron chi connectivity index (χ4n) is 1.56. The highest BCUT2D eigenvalue weighted by Crippen LogP contribution is 2.27. The van der Waals surface area contributed by atoms with Crippen LogP contribution in [0.4, 0.5) is 5.69 Å². The Labute approximate surface area is 101 Å². The summed E-state index contributed by atoms with van der Waals surface area (Å²) >= 11 is 0. The number of hydrogen-bond acceptors (Lipinski definition) is 3. The zero-order valence-electron chi connectivity index (χ0n) is 10.0. The maximum atomic E-state index is 5.25. The van der Waals surface area contributed by atoms with Gasteiger partial charge in [-0.1, -0.05) is 6.07 Å². The Morgan fingerprint density at radius 2 is 2.24 bits per heavy atom. The topological polar surface area (TPSA) is 34.7 Å². The fraction of sp³-hybridized carbons (Fsp3) is 0.214. The van der Waals surface area contributed by atoms with Crippen LogP contribution in [0.1, 0.15) is 11.3 Å². The SMILES string of the molecule is COc1ccc(C)cc1N=CCc1ccco1. The smallest absolute Gasteiger partial charge is 0.144 e. The molecule has 0 N–H and O–H groups in total. The van der Waals surface area contributed by atoms with Crippen molar-refractivity contribution in [2.75, 3.05) is 7.11 Å². The maximum Gasteiger partial charge on any atom is 0.144 e. The highest BCUT2D eigenvalue weighted by molar-refractivity contribution is 5.68. The predicted octanol–water partition coefficient (Wildman–Crippen LogP) is 3.54. The number of rotatable bonds is 4. The van der Waals surface area contributed by atoms with E-state index >= 15 is 0 Å². The average molecular weight is 229 g/mol. The molecule has 0 aliphatic carbocycles. The number of nitrogens with zero attached hydrogens (tertiary/aromatic N) is 1. The average Bonchev–Trinajstić information content (AvgIpc) is 2.82. The predicted molar refractivity (Wildman–Crippen MR) is 68.3 cm³/mol. The van der Waals surface area contributed by atoms with Gasteiger partial charge in [0.2, 0.25) is 0 Å². The van der Waals surface area contributed by atoms with Crippen molar-refractivity contribution in [1.29, 1.82) is 0 Å². The van der Waals surface area contributed by atoms with E-state index in [1.165, 1.54) is 0 Å². The van der Waals surface area contributed by atoms with Crippen LogP contribution in [0.2, 0.25) is 0 Å². The molecule has 0 bridgehead atoms. The number of aliphatic imine (C=N–C) groups is 1. The molecule has 2 aromatic rings. The Bertz CT molecular complexity index is 501. The molecule has 0 amide bonds. The van der Waals surface area contributed by atoms with E-state index < -0.39 is 0 Å². The van der Waals surface area contributed by atoms with Crippen molar-refractivity contribution in [2.45, 2.75) is 13.3 Å². The third-order valence-electron chi connectivity index (χ3n) is 2.44. The molecular formula is C14H15NO2. The minimum absolute atomic E-state index is 0.685. The minimum atomic E-state index is 0.685. The number of aryl methyl sites for hydroxylation is 1. The molecule has 0 saturated heterocycles. The van der Waals surface area contributed by atoms with Crippen LogP contribution >= 0.6 is 0 Å². The van der Waals surface area contributed by atoms with Crippen LogP contribution in [0.5, 0.6) is 5.75 Å². The lowest BCUT2D eigenvalue weighted by Gasteiger charge is -2.04. The first-order valence-corrected chi connectivity index (χ1v) is 5.49. The molecule has 2 rings (SSSR count). The monoisotopic (exact) mass is 229 g/mol. The lowest BCUT2D eigenvalue weighted by molar-refractivity contribution is 0.416. The van der Waals surface area contributed by atoms with Crippen molar-refractivity contribution >= 4 is 11.9 Å². The lowest BCUT2D eigenvalue weighted by Crippen LogP contribution is -1.86. The molecule has 0 aliphatic rings. The number of benzene rings is 1.